The van der Waals surface area contributed by atoms with Gasteiger partial charge in [0.05, 0.1) is 5.52 Å². The third-order valence-electron chi connectivity index (χ3n) is 3.19. The summed E-state index contributed by atoms with van der Waals surface area (Å²) in [4.78, 5) is 4.58. The van der Waals surface area contributed by atoms with Gasteiger partial charge in [-0.2, -0.15) is 0 Å². The van der Waals surface area contributed by atoms with Crippen molar-refractivity contribution < 1.29 is 0 Å². The lowest BCUT2D eigenvalue weighted by Gasteiger charge is -2.10. The minimum atomic E-state index is 0.697. The van der Waals surface area contributed by atoms with Gasteiger partial charge in [0, 0.05) is 10.9 Å². The van der Waals surface area contributed by atoms with Gasteiger partial charge in [-0.1, -0.05) is 42.0 Å². The average Bonchev–Trinajstić information content (AvgIpc) is 2.46. The average molecular weight is 249 g/mol. The molecule has 3 rings (SSSR count). The Morgan fingerprint density at radius 1 is 1.00 bits per heavy atom. The third-order valence-corrected chi connectivity index (χ3v) is 3.19. The summed E-state index contributed by atoms with van der Waals surface area (Å²) >= 11 is 0. The van der Waals surface area contributed by atoms with Crippen molar-refractivity contribution in [2.24, 2.45) is 5.84 Å². The summed E-state index contributed by atoms with van der Waals surface area (Å²) in [7, 11) is 0. The van der Waals surface area contributed by atoms with Crippen LogP contribution < -0.4 is 11.3 Å². The number of nitrogens with one attached hydrogen (secondary N) is 1. The predicted molar refractivity (Wildman–Crippen MR) is 79.7 cm³/mol. The maximum atomic E-state index is 5.60. The van der Waals surface area contributed by atoms with E-state index in [2.05, 4.69) is 47.7 Å². The summed E-state index contributed by atoms with van der Waals surface area (Å²) < 4.78 is 0. The van der Waals surface area contributed by atoms with Crippen LogP contribution in [0.1, 0.15) is 5.56 Å². The van der Waals surface area contributed by atoms with Crippen molar-refractivity contribution in [3.8, 4) is 11.1 Å². The Kier molecular flexibility index (Phi) is 2.89. The highest BCUT2D eigenvalue weighted by molar-refractivity contribution is 5.89. The van der Waals surface area contributed by atoms with Gasteiger partial charge in [-0.25, -0.2) is 10.8 Å². The van der Waals surface area contributed by atoms with Crippen LogP contribution in [0.15, 0.2) is 54.6 Å². The lowest BCUT2D eigenvalue weighted by atomic mass is 10.0. The van der Waals surface area contributed by atoms with Crippen LogP contribution >= 0.6 is 0 Å². The SMILES string of the molecule is Cc1ccc2nc(NN)c(-c3ccccc3)cc2c1. The normalized spacial score (nSPS) is 10.6. The van der Waals surface area contributed by atoms with Gasteiger partial charge in [0.25, 0.3) is 0 Å². The Hall–Kier alpha value is -2.39. The van der Waals surface area contributed by atoms with E-state index in [4.69, 9.17) is 5.84 Å². The molecule has 0 amide bonds. The fourth-order valence-corrected chi connectivity index (χ4v) is 2.24. The van der Waals surface area contributed by atoms with Crippen molar-refractivity contribution in [1.29, 1.82) is 0 Å². The molecule has 2 aromatic carbocycles. The Balaban J connectivity index is 2.28. The molecule has 3 nitrogen and oxygen atoms in total. The van der Waals surface area contributed by atoms with Crippen LogP contribution in [0.25, 0.3) is 22.0 Å². The summed E-state index contributed by atoms with van der Waals surface area (Å²) in [5.74, 6) is 6.29. The summed E-state index contributed by atoms with van der Waals surface area (Å²) in [6.07, 6.45) is 0. The van der Waals surface area contributed by atoms with Crippen molar-refractivity contribution in [1.82, 2.24) is 4.98 Å². The van der Waals surface area contributed by atoms with Gasteiger partial charge in [0.1, 0.15) is 5.82 Å². The van der Waals surface area contributed by atoms with Gasteiger partial charge in [-0.05, 0) is 30.7 Å². The highest BCUT2D eigenvalue weighted by Crippen LogP contribution is 2.29. The van der Waals surface area contributed by atoms with Crippen LogP contribution in [-0.4, -0.2) is 4.98 Å². The van der Waals surface area contributed by atoms with E-state index in [0.29, 0.717) is 5.82 Å². The largest absolute Gasteiger partial charge is 0.308 e. The second-order valence-electron chi connectivity index (χ2n) is 4.59. The van der Waals surface area contributed by atoms with E-state index >= 15 is 0 Å². The van der Waals surface area contributed by atoms with Crippen LogP contribution in [0.4, 0.5) is 5.82 Å². The van der Waals surface area contributed by atoms with Gasteiger partial charge in [-0.15, -0.1) is 0 Å². The summed E-state index contributed by atoms with van der Waals surface area (Å²) in [6.45, 7) is 2.08. The number of pyridine rings is 1. The van der Waals surface area contributed by atoms with E-state index in [1.165, 1.54) is 5.56 Å². The van der Waals surface area contributed by atoms with E-state index < -0.39 is 0 Å². The number of fused-ring (bicyclic) bond motifs is 1. The van der Waals surface area contributed by atoms with Crippen LogP contribution in [0.3, 0.4) is 0 Å². The van der Waals surface area contributed by atoms with Crippen molar-refractivity contribution >= 4 is 16.7 Å². The monoisotopic (exact) mass is 249 g/mol. The molecule has 0 atom stereocenters. The summed E-state index contributed by atoms with van der Waals surface area (Å²) in [5.41, 5.74) is 6.97. The van der Waals surface area contributed by atoms with Crippen molar-refractivity contribution in [3.05, 3.63) is 60.2 Å². The molecule has 3 N–H and O–H groups in total. The topological polar surface area (TPSA) is 50.9 Å². The molecule has 0 saturated carbocycles. The van der Waals surface area contributed by atoms with E-state index in [0.717, 1.165) is 22.0 Å². The van der Waals surface area contributed by atoms with Crippen LogP contribution in [0.5, 0.6) is 0 Å². The molecule has 3 heteroatoms. The van der Waals surface area contributed by atoms with Gasteiger partial charge in [-0.3, -0.25) is 0 Å². The second-order valence-corrected chi connectivity index (χ2v) is 4.59. The van der Waals surface area contributed by atoms with E-state index in [1.807, 2.05) is 24.3 Å². The molecular weight excluding hydrogens is 234 g/mol. The Morgan fingerprint density at radius 2 is 1.79 bits per heavy atom. The summed E-state index contributed by atoms with van der Waals surface area (Å²) in [6, 6.07) is 18.5. The Morgan fingerprint density at radius 3 is 2.53 bits per heavy atom. The first-order chi connectivity index (χ1) is 9.28. The second kappa shape index (κ2) is 4.71. The molecule has 0 aliphatic heterocycles. The molecule has 94 valence electrons. The van der Waals surface area contributed by atoms with Crippen LogP contribution in [0, 0.1) is 6.92 Å². The fourth-order valence-electron chi connectivity index (χ4n) is 2.24. The number of hydrogen-bond donors (Lipinski definition) is 2. The molecule has 0 unspecified atom stereocenters. The van der Waals surface area contributed by atoms with Gasteiger partial charge >= 0.3 is 0 Å². The Bertz CT molecular complexity index is 721. The molecular formula is C16H15N3. The first-order valence-corrected chi connectivity index (χ1v) is 6.21. The number of rotatable bonds is 2. The third kappa shape index (κ3) is 2.16. The van der Waals surface area contributed by atoms with Crippen molar-refractivity contribution in [2.45, 2.75) is 6.92 Å². The molecule has 0 radical (unpaired) electrons. The van der Waals surface area contributed by atoms with E-state index in [9.17, 15) is 0 Å². The standard InChI is InChI=1S/C16H15N3/c1-11-7-8-15-13(9-11)10-14(16(18-15)19-17)12-5-3-2-4-6-12/h2-10H,17H2,1H3,(H,18,19). The Labute approximate surface area is 112 Å². The van der Waals surface area contributed by atoms with Crippen LogP contribution in [0.2, 0.25) is 0 Å². The zero-order valence-corrected chi connectivity index (χ0v) is 10.7. The van der Waals surface area contributed by atoms with Crippen molar-refractivity contribution in [3.63, 3.8) is 0 Å². The van der Waals surface area contributed by atoms with E-state index in [-0.39, 0.29) is 0 Å². The maximum absolute atomic E-state index is 5.60. The molecule has 0 aliphatic rings. The molecule has 3 aromatic rings. The van der Waals surface area contributed by atoms with E-state index in [1.54, 1.807) is 0 Å². The number of hydrazine groups is 1. The first kappa shape index (κ1) is 11.7. The molecule has 1 heterocycles. The zero-order chi connectivity index (χ0) is 13.2. The quantitative estimate of drug-likeness (QED) is 0.540. The lowest BCUT2D eigenvalue weighted by Crippen LogP contribution is -2.10. The number of nitrogens with zero attached hydrogens (tertiary/aromatic N) is 1. The van der Waals surface area contributed by atoms with Crippen molar-refractivity contribution in [2.75, 3.05) is 5.43 Å². The first-order valence-electron chi connectivity index (χ1n) is 6.21. The molecule has 0 bridgehead atoms. The molecule has 0 saturated heterocycles. The van der Waals surface area contributed by atoms with Gasteiger partial charge in [0.15, 0.2) is 0 Å². The minimum absolute atomic E-state index is 0.697. The predicted octanol–water partition coefficient (Wildman–Crippen LogP) is 3.50. The number of nitrogens with two attached hydrogens (primary N) is 1. The van der Waals surface area contributed by atoms with Crippen LogP contribution in [-0.2, 0) is 0 Å². The minimum Gasteiger partial charge on any atom is -0.308 e. The van der Waals surface area contributed by atoms with Gasteiger partial charge in [0.2, 0.25) is 0 Å². The number of nitrogen functional groups attached to an aromatic ring is 1. The molecule has 1 aromatic heterocycles. The fraction of sp³-hybridized carbons (Fsp3) is 0.0625. The lowest BCUT2D eigenvalue weighted by molar-refractivity contribution is 1.26. The highest BCUT2D eigenvalue weighted by Gasteiger charge is 2.08. The zero-order valence-electron chi connectivity index (χ0n) is 10.7. The van der Waals surface area contributed by atoms with Gasteiger partial charge < -0.3 is 5.43 Å². The number of anilines is 1. The number of aryl methyl sites for hydroxylation is 1. The smallest absolute Gasteiger partial charge is 0.148 e. The number of aromatic nitrogens is 1. The highest BCUT2D eigenvalue weighted by atomic mass is 15.2. The molecule has 0 aliphatic carbocycles. The number of hydrogen-bond acceptors (Lipinski definition) is 3. The molecule has 0 spiro atoms. The molecule has 19 heavy (non-hydrogen) atoms. The molecule has 0 fully saturated rings. The summed E-state index contributed by atoms with van der Waals surface area (Å²) in [5, 5.41) is 1.12. The maximum Gasteiger partial charge on any atom is 0.148 e. The number of benzene rings is 2.